The van der Waals surface area contributed by atoms with Crippen LogP contribution in [0.25, 0.3) is 22.3 Å². The third-order valence-electron chi connectivity index (χ3n) is 4.92. The van der Waals surface area contributed by atoms with Gasteiger partial charge in [-0.05, 0) is 43.7 Å². The summed E-state index contributed by atoms with van der Waals surface area (Å²) >= 11 is 0. The molecule has 0 radical (unpaired) electrons. The molecular weight excluding hydrogens is 518 g/mol. The van der Waals surface area contributed by atoms with E-state index in [4.69, 9.17) is 9.15 Å². The minimum absolute atomic E-state index is 0.0252. The number of anilines is 1. The Morgan fingerprint density at radius 3 is 2.32 bits per heavy atom. The van der Waals surface area contributed by atoms with Crippen molar-refractivity contribution in [3.05, 3.63) is 60.4 Å². The van der Waals surface area contributed by atoms with Crippen LogP contribution in [0.15, 0.2) is 53.5 Å². The molecule has 0 saturated carbocycles. The van der Waals surface area contributed by atoms with Crippen LogP contribution in [-0.2, 0) is 14.9 Å². The van der Waals surface area contributed by atoms with Gasteiger partial charge in [-0.2, -0.15) is 21.6 Å². The standard InChI is InChI=1S/C23H21F4NO6S.C2H6/c1-4-6-11-28(3)17-13-18-16(12-19(17)34-35(30,31)23(25,26)27)20(22(29)32-5-2)21(33-18)14-7-9-15(24)10-8-14;1-2/h4,7-10,12-13H,1,5-6,11H2,2-3H3;1-2H3. The number of fused-ring (bicyclic) bond motifs is 1. The number of hydrogen-bond acceptors (Lipinski definition) is 7. The van der Waals surface area contributed by atoms with Gasteiger partial charge in [0, 0.05) is 30.6 Å². The first-order valence-corrected chi connectivity index (χ1v) is 12.7. The van der Waals surface area contributed by atoms with Crippen LogP contribution in [0.3, 0.4) is 0 Å². The lowest BCUT2D eigenvalue weighted by Crippen LogP contribution is -2.29. The first-order chi connectivity index (χ1) is 17.4. The molecule has 0 atom stereocenters. The molecule has 0 unspecified atom stereocenters. The highest BCUT2D eigenvalue weighted by molar-refractivity contribution is 7.88. The van der Waals surface area contributed by atoms with Crippen LogP contribution in [0.1, 0.15) is 37.6 Å². The number of alkyl halides is 3. The van der Waals surface area contributed by atoms with Crippen LogP contribution >= 0.6 is 0 Å². The van der Waals surface area contributed by atoms with Crippen molar-refractivity contribution in [2.24, 2.45) is 0 Å². The molecule has 0 aliphatic rings. The number of nitrogens with zero attached hydrogens (tertiary/aromatic N) is 1. The van der Waals surface area contributed by atoms with E-state index in [1.165, 1.54) is 30.1 Å². The Balaban J connectivity index is 0.00000235. The lowest BCUT2D eigenvalue weighted by atomic mass is 10.0. The molecule has 0 aliphatic heterocycles. The van der Waals surface area contributed by atoms with Crippen LogP contribution in [-0.4, -0.2) is 40.1 Å². The van der Waals surface area contributed by atoms with Gasteiger partial charge in [0.1, 0.15) is 22.7 Å². The predicted octanol–water partition coefficient (Wildman–Crippen LogP) is 6.68. The summed E-state index contributed by atoms with van der Waals surface area (Å²) in [4.78, 5) is 14.2. The highest BCUT2D eigenvalue weighted by Gasteiger charge is 2.49. The van der Waals surface area contributed by atoms with Gasteiger partial charge in [0.15, 0.2) is 5.75 Å². The average Bonchev–Trinajstić information content (AvgIpc) is 3.21. The Hall–Kier alpha value is -3.54. The molecule has 2 aromatic carbocycles. The highest BCUT2D eigenvalue weighted by atomic mass is 32.2. The summed E-state index contributed by atoms with van der Waals surface area (Å²) in [6, 6.07) is 7.19. The number of halogens is 4. The summed E-state index contributed by atoms with van der Waals surface area (Å²) in [5, 5.41) is -0.0454. The van der Waals surface area contributed by atoms with Gasteiger partial charge < -0.3 is 18.2 Å². The van der Waals surface area contributed by atoms with Gasteiger partial charge in [0.2, 0.25) is 0 Å². The van der Waals surface area contributed by atoms with Crippen molar-refractivity contribution < 1.29 is 44.1 Å². The fraction of sp³-hybridized carbons (Fsp3) is 0.320. The molecule has 0 N–H and O–H groups in total. The van der Waals surface area contributed by atoms with Crippen molar-refractivity contribution in [2.75, 3.05) is 25.1 Å². The monoisotopic (exact) mass is 545 g/mol. The molecule has 0 spiro atoms. The third kappa shape index (κ3) is 6.62. The maximum Gasteiger partial charge on any atom is 0.534 e. The molecule has 0 saturated heterocycles. The third-order valence-corrected chi connectivity index (χ3v) is 5.88. The number of ether oxygens (including phenoxy) is 1. The normalized spacial score (nSPS) is 11.5. The molecule has 1 aromatic heterocycles. The van der Waals surface area contributed by atoms with Crippen LogP contribution in [0.5, 0.6) is 5.75 Å². The van der Waals surface area contributed by atoms with Gasteiger partial charge in [-0.25, -0.2) is 9.18 Å². The van der Waals surface area contributed by atoms with Crippen LogP contribution in [0.4, 0.5) is 23.2 Å². The maximum atomic E-state index is 13.4. The van der Waals surface area contributed by atoms with E-state index in [0.717, 1.165) is 18.2 Å². The summed E-state index contributed by atoms with van der Waals surface area (Å²) < 4.78 is 91.6. The Labute approximate surface area is 212 Å². The fourth-order valence-corrected chi connectivity index (χ4v) is 3.72. The lowest BCUT2D eigenvalue weighted by molar-refractivity contribution is -0.0499. The second-order valence-corrected chi connectivity index (χ2v) is 8.87. The van der Waals surface area contributed by atoms with Gasteiger partial charge in [-0.1, -0.05) is 19.9 Å². The number of carbonyl (C=O) groups excluding carboxylic acids is 1. The smallest absolute Gasteiger partial charge is 0.462 e. The predicted molar refractivity (Wildman–Crippen MR) is 133 cm³/mol. The van der Waals surface area contributed by atoms with Crippen LogP contribution in [0.2, 0.25) is 0 Å². The Morgan fingerprint density at radius 2 is 1.78 bits per heavy atom. The van der Waals surface area contributed by atoms with Crippen molar-refractivity contribution in [3.63, 3.8) is 0 Å². The van der Waals surface area contributed by atoms with Gasteiger partial charge in [-0.15, -0.1) is 6.58 Å². The quantitative estimate of drug-likeness (QED) is 0.0974. The van der Waals surface area contributed by atoms with Crippen molar-refractivity contribution >= 4 is 32.7 Å². The van der Waals surface area contributed by atoms with Crippen molar-refractivity contribution in [1.29, 1.82) is 0 Å². The lowest BCUT2D eigenvalue weighted by Gasteiger charge is -2.22. The zero-order chi connectivity index (χ0) is 28.0. The molecule has 7 nitrogen and oxygen atoms in total. The number of esters is 1. The highest BCUT2D eigenvalue weighted by Crippen LogP contribution is 2.42. The number of furan rings is 1. The van der Waals surface area contributed by atoms with E-state index in [2.05, 4.69) is 10.8 Å². The summed E-state index contributed by atoms with van der Waals surface area (Å²) in [6.45, 7) is 9.37. The van der Waals surface area contributed by atoms with Crippen LogP contribution < -0.4 is 9.08 Å². The minimum Gasteiger partial charge on any atom is -0.462 e. The summed E-state index contributed by atoms with van der Waals surface area (Å²) in [5.74, 6) is -2.11. The van der Waals surface area contributed by atoms with Gasteiger partial charge in [-0.3, -0.25) is 0 Å². The SMILES string of the molecule is C=CCCN(C)c1cc2oc(-c3ccc(F)cc3)c(C(=O)OCC)c2cc1OS(=O)(=O)C(F)(F)F.CC. The van der Waals surface area contributed by atoms with E-state index in [0.29, 0.717) is 6.42 Å². The molecule has 0 bridgehead atoms. The zero-order valence-corrected chi connectivity index (χ0v) is 21.5. The van der Waals surface area contributed by atoms with Gasteiger partial charge in [0.25, 0.3) is 0 Å². The van der Waals surface area contributed by atoms with E-state index in [1.54, 1.807) is 13.0 Å². The second kappa shape index (κ2) is 12.1. The average molecular weight is 546 g/mol. The molecular formula is C25H27F4NO6S. The van der Waals surface area contributed by atoms with Crippen LogP contribution in [0, 0.1) is 5.82 Å². The van der Waals surface area contributed by atoms with E-state index >= 15 is 0 Å². The van der Waals surface area contributed by atoms with Crippen molar-refractivity contribution in [1.82, 2.24) is 0 Å². The number of hydrogen-bond donors (Lipinski definition) is 0. The summed E-state index contributed by atoms with van der Waals surface area (Å²) in [5.41, 5.74) is -5.56. The van der Waals surface area contributed by atoms with Gasteiger partial charge >= 0.3 is 21.6 Å². The molecule has 3 rings (SSSR count). The first-order valence-electron chi connectivity index (χ1n) is 11.3. The fourth-order valence-electron chi connectivity index (χ4n) is 3.26. The van der Waals surface area contributed by atoms with E-state index in [9.17, 15) is 30.8 Å². The molecule has 0 amide bonds. The number of benzene rings is 2. The summed E-state index contributed by atoms with van der Waals surface area (Å²) in [6.07, 6.45) is 1.99. The zero-order valence-electron chi connectivity index (χ0n) is 20.7. The number of carbonyl (C=O) groups is 1. The topological polar surface area (TPSA) is 86.1 Å². The molecule has 0 aliphatic carbocycles. The maximum absolute atomic E-state index is 13.4. The van der Waals surface area contributed by atoms with Gasteiger partial charge in [0.05, 0.1) is 12.3 Å². The Kier molecular flexibility index (Phi) is 9.73. The molecule has 3 aromatic rings. The first kappa shape index (κ1) is 29.7. The minimum atomic E-state index is -6.02. The van der Waals surface area contributed by atoms with Crippen molar-refractivity contribution in [3.8, 4) is 17.1 Å². The molecule has 37 heavy (non-hydrogen) atoms. The molecule has 1 heterocycles. The summed E-state index contributed by atoms with van der Waals surface area (Å²) in [7, 11) is -4.52. The number of rotatable bonds is 9. The van der Waals surface area contributed by atoms with Crippen molar-refractivity contribution in [2.45, 2.75) is 32.7 Å². The van der Waals surface area contributed by atoms with E-state index in [-0.39, 0.29) is 46.7 Å². The molecule has 0 fully saturated rings. The molecule has 12 heteroatoms. The second-order valence-electron chi connectivity index (χ2n) is 7.33. The van der Waals surface area contributed by atoms with E-state index in [1.807, 2.05) is 13.8 Å². The molecule has 202 valence electrons. The Bertz CT molecular complexity index is 1350. The largest absolute Gasteiger partial charge is 0.534 e. The van der Waals surface area contributed by atoms with E-state index < -0.39 is 33.2 Å². The Morgan fingerprint density at radius 1 is 1.16 bits per heavy atom.